The fraction of sp³-hybridized carbons (Fsp3) is 0.0909. The van der Waals surface area contributed by atoms with Crippen LogP contribution in [0.2, 0.25) is 0 Å². The van der Waals surface area contributed by atoms with E-state index in [1.807, 2.05) is 60.7 Å². The lowest BCUT2D eigenvalue weighted by Gasteiger charge is -2.13. The number of ether oxygens (including phenoxy) is 2. The molecule has 3 aromatic carbocycles. The zero-order chi connectivity index (χ0) is 22.1. The fourth-order valence-electron chi connectivity index (χ4n) is 2.71. The second kappa shape index (κ2) is 10.8. The predicted octanol–water partition coefficient (Wildman–Crippen LogP) is 2.86. The quantitative estimate of drug-likeness (QED) is 0.437. The summed E-state index contributed by atoms with van der Waals surface area (Å²) in [4.78, 5) is 24.1. The van der Waals surface area contributed by atoms with Crippen molar-refractivity contribution < 1.29 is 29.1 Å². The standard InChI is InChI=1S/C22H21BN2O6/c26-21(30-14-16-7-3-1-4-8-16)24-18-11-12-20(19(13-18)23(28)29)25-22(27)31-15-17-9-5-2-6-10-17/h1-13,28-29H,14-15H2,(H,24,26)(H,25,27). The predicted molar refractivity (Wildman–Crippen MR) is 117 cm³/mol. The van der Waals surface area contributed by atoms with Gasteiger partial charge in [-0.05, 0) is 29.3 Å². The van der Waals surface area contributed by atoms with E-state index in [9.17, 15) is 19.6 Å². The minimum absolute atomic E-state index is 0.0162. The first-order valence-corrected chi connectivity index (χ1v) is 9.47. The Labute approximate surface area is 179 Å². The van der Waals surface area contributed by atoms with Crippen molar-refractivity contribution in [1.82, 2.24) is 0 Å². The highest BCUT2D eigenvalue weighted by Crippen LogP contribution is 2.14. The van der Waals surface area contributed by atoms with Crippen molar-refractivity contribution in [3.8, 4) is 0 Å². The summed E-state index contributed by atoms with van der Waals surface area (Å²) in [5.41, 5.74) is 2.03. The van der Waals surface area contributed by atoms with Gasteiger partial charge in [0.1, 0.15) is 13.2 Å². The molecule has 3 aromatic rings. The molecule has 0 spiro atoms. The summed E-state index contributed by atoms with van der Waals surface area (Å²) in [5, 5.41) is 24.3. The molecule has 0 saturated carbocycles. The molecule has 9 heteroatoms. The topological polar surface area (TPSA) is 117 Å². The summed E-state index contributed by atoms with van der Waals surface area (Å²) >= 11 is 0. The first-order valence-electron chi connectivity index (χ1n) is 9.47. The molecule has 0 aliphatic carbocycles. The lowest BCUT2D eigenvalue weighted by atomic mass is 9.78. The number of amides is 2. The highest BCUT2D eigenvalue weighted by molar-refractivity contribution is 6.61. The number of benzene rings is 3. The molecule has 0 heterocycles. The molecule has 2 amide bonds. The number of hydrogen-bond acceptors (Lipinski definition) is 6. The summed E-state index contributed by atoms with van der Waals surface area (Å²) in [6.07, 6.45) is -1.46. The van der Waals surface area contributed by atoms with Crippen LogP contribution in [-0.2, 0) is 22.7 Å². The third-order valence-electron chi connectivity index (χ3n) is 4.24. The summed E-state index contributed by atoms with van der Waals surface area (Å²) < 4.78 is 10.3. The zero-order valence-corrected chi connectivity index (χ0v) is 16.5. The Balaban J connectivity index is 1.58. The molecule has 158 valence electrons. The molecule has 31 heavy (non-hydrogen) atoms. The Bertz CT molecular complexity index is 1020. The molecule has 0 radical (unpaired) electrons. The van der Waals surface area contributed by atoms with Crippen LogP contribution >= 0.6 is 0 Å². The van der Waals surface area contributed by atoms with E-state index < -0.39 is 19.3 Å². The van der Waals surface area contributed by atoms with Crippen molar-refractivity contribution in [2.24, 2.45) is 0 Å². The van der Waals surface area contributed by atoms with Gasteiger partial charge in [-0.1, -0.05) is 60.7 Å². The lowest BCUT2D eigenvalue weighted by Crippen LogP contribution is -2.34. The zero-order valence-electron chi connectivity index (χ0n) is 16.5. The molecule has 0 bridgehead atoms. The van der Waals surface area contributed by atoms with E-state index in [1.54, 1.807) is 0 Å². The number of rotatable bonds is 7. The van der Waals surface area contributed by atoms with Gasteiger partial charge in [-0.15, -0.1) is 0 Å². The normalized spacial score (nSPS) is 10.1. The summed E-state index contributed by atoms with van der Waals surface area (Å²) in [6.45, 7) is 0.158. The van der Waals surface area contributed by atoms with Crippen molar-refractivity contribution in [3.63, 3.8) is 0 Å². The van der Waals surface area contributed by atoms with Crippen molar-refractivity contribution in [1.29, 1.82) is 0 Å². The van der Waals surface area contributed by atoms with E-state index in [0.29, 0.717) is 0 Å². The Kier molecular flexibility index (Phi) is 7.64. The van der Waals surface area contributed by atoms with E-state index in [2.05, 4.69) is 10.6 Å². The molecule has 0 unspecified atom stereocenters. The van der Waals surface area contributed by atoms with Crippen LogP contribution in [0.4, 0.5) is 21.0 Å². The Morgan fingerprint density at radius 3 is 1.77 bits per heavy atom. The van der Waals surface area contributed by atoms with Gasteiger partial charge in [0.2, 0.25) is 0 Å². The fourth-order valence-corrected chi connectivity index (χ4v) is 2.71. The van der Waals surface area contributed by atoms with Crippen LogP contribution in [0.15, 0.2) is 78.9 Å². The smallest absolute Gasteiger partial charge is 0.444 e. The molecule has 0 aliphatic heterocycles. The van der Waals surface area contributed by atoms with Crippen LogP contribution in [0.1, 0.15) is 11.1 Å². The number of nitrogens with one attached hydrogen (secondary N) is 2. The highest BCUT2D eigenvalue weighted by Gasteiger charge is 2.19. The average Bonchev–Trinajstić information content (AvgIpc) is 2.78. The van der Waals surface area contributed by atoms with Gasteiger partial charge in [-0.2, -0.15) is 0 Å². The van der Waals surface area contributed by atoms with Crippen LogP contribution in [0.3, 0.4) is 0 Å². The van der Waals surface area contributed by atoms with Gasteiger partial charge < -0.3 is 19.5 Å². The Hall–Kier alpha value is -3.82. The minimum Gasteiger partial charge on any atom is -0.444 e. The first kappa shape index (κ1) is 21.9. The van der Waals surface area contributed by atoms with Crippen LogP contribution in [-0.4, -0.2) is 29.4 Å². The molecule has 0 saturated heterocycles. The maximum atomic E-state index is 12.1. The summed E-state index contributed by atoms with van der Waals surface area (Å²) in [7, 11) is -1.88. The molecule has 0 fully saturated rings. The maximum absolute atomic E-state index is 12.1. The van der Waals surface area contributed by atoms with Crippen molar-refractivity contribution >= 4 is 36.1 Å². The van der Waals surface area contributed by atoms with Gasteiger partial charge >= 0.3 is 19.3 Å². The van der Waals surface area contributed by atoms with Gasteiger partial charge in [-0.25, -0.2) is 9.59 Å². The molecular formula is C22H21BN2O6. The van der Waals surface area contributed by atoms with E-state index in [0.717, 1.165) is 11.1 Å². The largest absolute Gasteiger partial charge is 0.490 e. The van der Waals surface area contributed by atoms with E-state index in [4.69, 9.17) is 9.47 Å². The third-order valence-corrected chi connectivity index (χ3v) is 4.24. The SMILES string of the molecule is O=C(Nc1ccc(NC(=O)OCc2ccccc2)c(B(O)O)c1)OCc1ccccc1. The van der Waals surface area contributed by atoms with Crippen molar-refractivity contribution in [2.45, 2.75) is 13.2 Å². The van der Waals surface area contributed by atoms with Crippen molar-refractivity contribution in [2.75, 3.05) is 10.6 Å². The molecule has 0 aliphatic rings. The van der Waals surface area contributed by atoms with Crippen LogP contribution in [0, 0.1) is 0 Å². The van der Waals surface area contributed by atoms with Gasteiger partial charge in [0, 0.05) is 16.8 Å². The van der Waals surface area contributed by atoms with Gasteiger partial charge in [-0.3, -0.25) is 10.6 Å². The molecule has 3 rings (SSSR count). The molecule has 8 nitrogen and oxygen atoms in total. The average molecular weight is 420 g/mol. The monoisotopic (exact) mass is 420 g/mol. The minimum atomic E-state index is -1.88. The van der Waals surface area contributed by atoms with Crippen molar-refractivity contribution in [3.05, 3.63) is 90.0 Å². The molecule has 4 N–H and O–H groups in total. The number of hydrogen-bond donors (Lipinski definition) is 4. The summed E-state index contributed by atoms with van der Waals surface area (Å²) in [6, 6.07) is 22.5. The van der Waals surface area contributed by atoms with Crippen LogP contribution in [0.5, 0.6) is 0 Å². The number of carbonyl (C=O) groups is 2. The van der Waals surface area contributed by atoms with Gasteiger partial charge in [0.05, 0.1) is 0 Å². The van der Waals surface area contributed by atoms with E-state index in [-0.39, 0.29) is 30.1 Å². The first-order chi connectivity index (χ1) is 15.0. The lowest BCUT2D eigenvalue weighted by molar-refractivity contribution is 0.154. The van der Waals surface area contributed by atoms with Crippen LogP contribution in [0.25, 0.3) is 0 Å². The number of anilines is 2. The van der Waals surface area contributed by atoms with Gasteiger partial charge in [0.15, 0.2) is 0 Å². The maximum Gasteiger partial charge on any atom is 0.490 e. The molecule has 0 atom stereocenters. The number of carbonyl (C=O) groups excluding carboxylic acids is 2. The molecule has 0 aromatic heterocycles. The second-order valence-corrected chi connectivity index (χ2v) is 6.55. The van der Waals surface area contributed by atoms with E-state index >= 15 is 0 Å². The third kappa shape index (κ3) is 6.88. The molecular weight excluding hydrogens is 399 g/mol. The second-order valence-electron chi connectivity index (χ2n) is 6.55. The Morgan fingerprint density at radius 2 is 1.26 bits per heavy atom. The Morgan fingerprint density at radius 1 is 0.742 bits per heavy atom. The van der Waals surface area contributed by atoms with E-state index in [1.165, 1.54) is 18.2 Å². The highest BCUT2D eigenvalue weighted by atomic mass is 16.6. The summed E-state index contributed by atoms with van der Waals surface area (Å²) in [5.74, 6) is 0. The van der Waals surface area contributed by atoms with Gasteiger partial charge in [0.25, 0.3) is 0 Å². The van der Waals surface area contributed by atoms with Crippen LogP contribution < -0.4 is 16.1 Å².